The Balaban J connectivity index is 1.52. The quantitative estimate of drug-likeness (QED) is 0.717. The summed E-state index contributed by atoms with van der Waals surface area (Å²) in [6.07, 6.45) is 4.04. The van der Waals surface area contributed by atoms with E-state index in [0.717, 1.165) is 48.6 Å². The normalized spacial score (nSPS) is 23.0. The number of aryl methyl sites for hydroxylation is 1. The molecule has 3 heterocycles. The number of carbonyl (C=O) groups excluding carboxylic acids is 2. The molecular weight excluding hydrogens is 394 g/mol. The highest BCUT2D eigenvalue weighted by molar-refractivity contribution is 7.10. The number of rotatable bonds is 6. The van der Waals surface area contributed by atoms with E-state index in [0.29, 0.717) is 0 Å². The average Bonchev–Trinajstić information content (AvgIpc) is 3.38. The second kappa shape index (κ2) is 9.14. The Hall–Kier alpha value is -2.44. The SMILES string of the molecule is C=CCN1CCC(NC(=O)C2CC(=O)N(c3ccc(C)cc3)C2c2cccs2)CC1. The highest BCUT2D eigenvalue weighted by Gasteiger charge is 2.46. The van der Waals surface area contributed by atoms with Gasteiger partial charge in [0.25, 0.3) is 0 Å². The minimum Gasteiger partial charge on any atom is -0.353 e. The fourth-order valence-corrected chi connectivity index (χ4v) is 5.40. The molecule has 6 heteroatoms. The van der Waals surface area contributed by atoms with Gasteiger partial charge in [0.2, 0.25) is 11.8 Å². The number of likely N-dealkylation sites (tertiary alicyclic amines) is 1. The summed E-state index contributed by atoms with van der Waals surface area (Å²) >= 11 is 1.61. The summed E-state index contributed by atoms with van der Waals surface area (Å²) in [5.74, 6) is -0.361. The molecule has 4 rings (SSSR count). The molecule has 1 aromatic heterocycles. The molecular formula is C24H29N3O2S. The van der Waals surface area contributed by atoms with Crippen molar-refractivity contribution in [2.45, 2.75) is 38.3 Å². The summed E-state index contributed by atoms with van der Waals surface area (Å²) in [6.45, 7) is 8.65. The van der Waals surface area contributed by atoms with Gasteiger partial charge >= 0.3 is 0 Å². The van der Waals surface area contributed by atoms with Crippen LogP contribution in [-0.4, -0.2) is 42.4 Å². The monoisotopic (exact) mass is 423 g/mol. The average molecular weight is 424 g/mol. The molecule has 0 bridgehead atoms. The highest BCUT2D eigenvalue weighted by Crippen LogP contribution is 2.43. The molecule has 2 unspecified atom stereocenters. The van der Waals surface area contributed by atoms with E-state index in [1.54, 1.807) is 11.3 Å². The molecule has 158 valence electrons. The fourth-order valence-electron chi connectivity index (χ4n) is 4.51. The van der Waals surface area contributed by atoms with Crippen molar-refractivity contribution in [1.29, 1.82) is 0 Å². The molecule has 2 saturated heterocycles. The van der Waals surface area contributed by atoms with Gasteiger partial charge in [-0.3, -0.25) is 14.5 Å². The van der Waals surface area contributed by atoms with Gasteiger partial charge in [-0.15, -0.1) is 17.9 Å². The van der Waals surface area contributed by atoms with Crippen molar-refractivity contribution in [2.24, 2.45) is 5.92 Å². The van der Waals surface area contributed by atoms with Crippen molar-refractivity contribution in [2.75, 3.05) is 24.5 Å². The second-order valence-corrected chi connectivity index (χ2v) is 9.22. The summed E-state index contributed by atoms with van der Waals surface area (Å²) in [7, 11) is 0. The number of nitrogens with zero attached hydrogens (tertiary/aromatic N) is 2. The largest absolute Gasteiger partial charge is 0.353 e. The van der Waals surface area contributed by atoms with E-state index in [-0.39, 0.29) is 36.2 Å². The van der Waals surface area contributed by atoms with Crippen molar-refractivity contribution in [3.63, 3.8) is 0 Å². The Bertz CT molecular complexity index is 886. The Labute approximate surface area is 182 Å². The van der Waals surface area contributed by atoms with E-state index in [9.17, 15) is 9.59 Å². The summed E-state index contributed by atoms with van der Waals surface area (Å²) in [6, 6.07) is 11.9. The topological polar surface area (TPSA) is 52.7 Å². The lowest BCUT2D eigenvalue weighted by Crippen LogP contribution is -2.47. The molecule has 0 spiro atoms. The number of piperidine rings is 1. The smallest absolute Gasteiger partial charge is 0.228 e. The van der Waals surface area contributed by atoms with E-state index in [1.165, 1.54) is 0 Å². The van der Waals surface area contributed by atoms with Crippen LogP contribution in [0.25, 0.3) is 0 Å². The molecule has 2 atom stereocenters. The highest BCUT2D eigenvalue weighted by atomic mass is 32.1. The minimum atomic E-state index is -0.372. The molecule has 1 N–H and O–H groups in total. The predicted octanol–water partition coefficient (Wildman–Crippen LogP) is 3.92. The third-order valence-corrected chi connectivity index (χ3v) is 7.07. The number of benzene rings is 1. The van der Waals surface area contributed by atoms with Gasteiger partial charge in [0.1, 0.15) is 0 Å². The maximum Gasteiger partial charge on any atom is 0.228 e. The van der Waals surface area contributed by atoms with Crippen LogP contribution in [0.2, 0.25) is 0 Å². The van der Waals surface area contributed by atoms with Crippen LogP contribution in [0.5, 0.6) is 0 Å². The first-order chi connectivity index (χ1) is 14.6. The van der Waals surface area contributed by atoms with Crippen molar-refractivity contribution >= 4 is 28.8 Å². The van der Waals surface area contributed by atoms with E-state index in [4.69, 9.17) is 0 Å². The Morgan fingerprint density at radius 1 is 1.23 bits per heavy atom. The Kier molecular flexibility index (Phi) is 6.35. The molecule has 0 radical (unpaired) electrons. The lowest BCUT2D eigenvalue weighted by Gasteiger charge is -2.33. The van der Waals surface area contributed by atoms with E-state index < -0.39 is 0 Å². The Morgan fingerprint density at radius 2 is 1.97 bits per heavy atom. The first-order valence-corrected chi connectivity index (χ1v) is 11.5. The fraction of sp³-hybridized carbons (Fsp3) is 0.417. The zero-order valence-corrected chi connectivity index (χ0v) is 18.2. The number of anilines is 1. The summed E-state index contributed by atoms with van der Waals surface area (Å²) in [5.41, 5.74) is 2.01. The molecule has 2 aromatic rings. The molecule has 0 saturated carbocycles. The first kappa shape index (κ1) is 20.8. The van der Waals surface area contributed by atoms with Crippen LogP contribution in [0.1, 0.15) is 35.7 Å². The van der Waals surface area contributed by atoms with E-state index in [2.05, 4.69) is 16.8 Å². The third kappa shape index (κ3) is 4.35. The number of hydrogen-bond acceptors (Lipinski definition) is 4. The van der Waals surface area contributed by atoms with Crippen molar-refractivity contribution in [1.82, 2.24) is 10.2 Å². The van der Waals surface area contributed by atoms with E-state index >= 15 is 0 Å². The summed E-state index contributed by atoms with van der Waals surface area (Å²) in [4.78, 5) is 31.5. The van der Waals surface area contributed by atoms with Gasteiger partial charge < -0.3 is 10.2 Å². The molecule has 2 aliphatic heterocycles. The zero-order chi connectivity index (χ0) is 21.1. The molecule has 2 aliphatic rings. The van der Waals surface area contributed by atoms with Crippen LogP contribution in [0.15, 0.2) is 54.4 Å². The lowest BCUT2D eigenvalue weighted by atomic mass is 9.96. The molecule has 30 heavy (non-hydrogen) atoms. The van der Waals surface area contributed by atoms with Crippen LogP contribution < -0.4 is 10.2 Å². The van der Waals surface area contributed by atoms with Gasteiger partial charge in [-0.2, -0.15) is 0 Å². The molecule has 2 amide bonds. The molecule has 2 fully saturated rings. The van der Waals surface area contributed by atoms with E-state index in [1.807, 2.05) is 59.7 Å². The minimum absolute atomic E-state index is 0.00136. The van der Waals surface area contributed by atoms with Crippen LogP contribution in [0.4, 0.5) is 5.69 Å². The van der Waals surface area contributed by atoms with Gasteiger partial charge in [-0.1, -0.05) is 29.8 Å². The first-order valence-electron chi connectivity index (χ1n) is 10.6. The van der Waals surface area contributed by atoms with Crippen molar-refractivity contribution < 1.29 is 9.59 Å². The number of hydrogen-bond donors (Lipinski definition) is 1. The predicted molar refractivity (Wildman–Crippen MR) is 122 cm³/mol. The molecule has 5 nitrogen and oxygen atoms in total. The number of carbonyl (C=O) groups is 2. The molecule has 0 aliphatic carbocycles. The van der Waals surface area contributed by atoms with Gasteiger partial charge in [0.05, 0.1) is 12.0 Å². The van der Waals surface area contributed by atoms with Gasteiger partial charge in [0.15, 0.2) is 0 Å². The van der Waals surface area contributed by atoms with Gasteiger partial charge in [0, 0.05) is 42.7 Å². The lowest BCUT2D eigenvalue weighted by molar-refractivity contribution is -0.127. The van der Waals surface area contributed by atoms with Crippen molar-refractivity contribution in [3.05, 3.63) is 64.9 Å². The number of amides is 2. The summed E-state index contributed by atoms with van der Waals surface area (Å²) in [5, 5.41) is 5.26. The van der Waals surface area contributed by atoms with Gasteiger partial charge in [-0.25, -0.2) is 0 Å². The molecule has 1 aromatic carbocycles. The number of nitrogens with one attached hydrogen (secondary N) is 1. The van der Waals surface area contributed by atoms with Crippen LogP contribution >= 0.6 is 11.3 Å². The zero-order valence-electron chi connectivity index (χ0n) is 17.4. The summed E-state index contributed by atoms with van der Waals surface area (Å²) < 4.78 is 0. The van der Waals surface area contributed by atoms with Crippen LogP contribution in [-0.2, 0) is 9.59 Å². The second-order valence-electron chi connectivity index (χ2n) is 8.24. The maximum atomic E-state index is 13.3. The van der Waals surface area contributed by atoms with Gasteiger partial charge in [-0.05, 0) is 43.3 Å². The third-order valence-electron chi connectivity index (χ3n) is 6.13. The number of thiophene rings is 1. The van der Waals surface area contributed by atoms with Crippen molar-refractivity contribution in [3.8, 4) is 0 Å². The maximum absolute atomic E-state index is 13.3. The van der Waals surface area contributed by atoms with Crippen LogP contribution in [0, 0.1) is 12.8 Å². The standard InChI is InChI=1S/C24H29N3O2S/c1-3-12-26-13-10-18(11-14-26)25-24(29)20-16-22(28)27(19-8-6-17(2)7-9-19)23(20)21-5-4-15-30-21/h3-9,15,18,20,23H,1,10-14,16H2,2H3,(H,25,29). The van der Waals surface area contributed by atoms with Crippen LogP contribution in [0.3, 0.4) is 0 Å². The Morgan fingerprint density at radius 3 is 2.60 bits per heavy atom.